The SMILES string of the molecule is CNc1ncc2c(n1)-c1ccccc1C1(CCN(Cc3cccc(OC)c3)CC1)C2. The van der Waals surface area contributed by atoms with E-state index in [2.05, 4.69) is 57.7 Å². The monoisotopic (exact) mass is 400 g/mol. The number of anilines is 1. The molecule has 30 heavy (non-hydrogen) atoms. The second kappa shape index (κ2) is 7.73. The van der Waals surface area contributed by atoms with E-state index in [1.807, 2.05) is 19.3 Å². The highest BCUT2D eigenvalue weighted by molar-refractivity contribution is 5.72. The molecule has 5 heteroatoms. The molecule has 3 aromatic rings. The third-order valence-corrected chi connectivity index (χ3v) is 6.72. The Kier molecular flexibility index (Phi) is 4.91. The van der Waals surface area contributed by atoms with E-state index in [-0.39, 0.29) is 5.41 Å². The van der Waals surface area contributed by atoms with Crippen LogP contribution in [0.2, 0.25) is 0 Å². The summed E-state index contributed by atoms with van der Waals surface area (Å²) in [7, 11) is 3.60. The first kappa shape index (κ1) is 19.1. The standard InChI is InChI=1S/C25H28N4O/c1-26-24-27-16-19-15-25(22-9-4-3-8-21(22)23(19)28-24)10-12-29(13-11-25)17-18-6-5-7-20(14-18)30-2/h3-9,14,16H,10-13,15,17H2,1-2H3,(H,26,27,28). The molecule has 0 amide bonds. The average molecular weight is 401 g/mol. The van der Waals surface area contributed by atoms with E-state index in [1.54, 1.807) is 7.11 Å². The molecule has 0 bridgehead atoms. The molecule has 0 atom stereocenters. The molecule has 1 aliphatic carbocycles. The highest BCUT2D eigenvalue weighted by atomic mass is 16.5. The zero-order valence-corrected chi connectivity index (χ0v) is 17.7. The fourth-order valence-corrected chi connectivity index (χ4v) is 5.12. The fourth-order valence-electron chi connectivity index (χ4n) is 5.12. The van der Waals surface area contributed by atoms with Gasteiger partial charge in [-0.25, -0.2) is 9.97 Å². The summed E-state index contributed by atoms with van der Waals surface area (Å²) in [6.07, 6.45) is 5.35. The molecule has 1 saturated heterocycles. The minimum absolute atomic E-state index is 0.180. The summed E-state index contributed by atoms with van der Waals surface area (Å²) in [5, 5.41) is 3.08. The molecule has 1 spiro atoms. The molecule has 1 fully saturated rings. The lowest BCUT2D eigenvalue weighted by atomic mass is 9.64. The average Bonchev–Trinajstić information content (AvgIpc) is 2.81. The van der Waals surface area contributed by atoms with Gasteiger partial charge >= 0.3 is 0 Å². The minimum atomic E-state index is 0.180. The van der Waals surface area contributed by atoms with Gasteiger partial charge < -0.3 is 10.1 Å². The number of likely N-dealkylation sites (tertiary alicyclic amines) is 1. The first-order valence-electron chi connectivity index (χ1n) is 10.7. The van der Waals surface area contributed by atoms with Gasteiger partial charge in [-0.2, -0.15) is 0 Å². The smallest absolute Gasteiger partial charge is 0.222 e. The Morgan fingerprint density at radius 3 is 2.73 bits per heavy atom. The van der Waals surface area contributed by atoms with Crippen LogP contribution >= 0.6 is 0 Å². The normalized spacial score (nSPS) is 17.3. The van der Waals surface area contributed by atoms with Crippen molar-refractivity contribution in [2.45, 2.75) is 31.2 Å². The molecule has 0 radical (unpaired) electrons. The van der Waals surface area contributed by atoms with Crippen LogP contribution in [0.25, 0.3) is 11.3 Å². The van der Waals surface area contributed by atoms with Gasteiger partial charge in [0.1, 0.15) is 5.75 Å². The van der Waals surface area contributed by atoms with Crippen LogP contribution in [-0.2, 0) is 18.4 Å². The molecule has 5 nitrogen and oxygen atoms in total. The van der Waals surface area contributed by atoms with E-state index in [0.29, 0.717) is 5.95 Å². The number of ether oxygens (including phenoxy) is 1. The number of hydrogen-bond donors (Lipinski definition) is 1. The summed E-state index contributed by atoms with van der Waals surface area (Å²) in [5.41, 5.74) is 6.59. The van der Waals surface area contributed by atoms with E-state index < -0.39 is 0 Å². The first-order chi connectivity index (χ1) is 14.7. The maximum absolute atomic E-state index is 5.39. The summed E-state index contributed by atoms with van der Waals surface area (Å²) >= 11 is 0. The maximum Gasteiger partial charge on any atom is 0.222 e. The van der Waals surface area contributed by atoms with Crippen molar-refractivity contribution in [3.8, 4) is 17.0 Å². The predicted molar refractivity (Wildman–Crippen MR) is 120 cm³/mol. The number of nitrogens with zero attached hydrogens (tertiary/aromatic N) is 3. The highest BCUT2D eigenvalue weighted by Gasteiger charge is 2.41. The lowest BCUT2D eigenvalue weighted by molar-refractivity contribution is 0.150. The van der Waals surface area contributed by atoms with Gasteiger partial charge in [0.2, 0.25) is 5.95 Å². The molecule has 5 rings (SSSR count). The van der Waals surface area contributed by atoms with Gasteiger partial charge in [-0.05, 0) is 61.2 Å². The molecular formula is C25H28N4O. The highest BCUT2D eigenvalue weighted by Crippen LogP contribution is 2.48. The molecule has 2 aliphatic rings. The van der Waals surface area contributed by atoms with E-state index >= 15 is 0 Å². The van der Waals surface area contributed by atoms with Crippen LogP contribution in [0.15, 0.2) is 54.7 Å². The van der Waals surface area contributed by atoms with Gasteiger partial charge in [0.25, 0.3) is 0 Å². The van der Waals surface area contributed by atoms with E-state index in [4.69, 9.17) is 9.72 Å². The Morgan fingerprint density at radius 2 is 1.93 bits per heavy atom. The van der Waals surface area contributed by atoms with Crippen molar-refractivity contribution in [1.82, 2.24) is 14.9 Å². The van der Waals surface area contributed by atoms with Crippen LogP contribution in [0.5, 0.6) is 5.75 Å². The Morgan fingerprint density at radius 1 is 1.10 bits per heavy atom. The van der Waals surface area contributed by atoms with Gasteiger partial charge in [-0.15, -0.1) is 0 Å². The van der Waals surface area contributed by atoms with Crippen molar-refractivity contribution >= 4 is 5.95 Å². The number of fused-ring (bicyclic) bond motifs is 4. The Hall–Kier alpha value is -2.92. The lowest BCUT2D eigenvalue weighted by Gasteiger charge is -2.45. The molecule has 0 unspecified atom stereocenters. The summed E-state index contributed by atoms with van der Waals surface area (Å²) < 4.78 is 5.39. The van der Waals surface area contributed by atoms with Crippen molar-refractivity contribution in [2.24, 2.45) is 0 Å². The summed E-state index contributed by atoms with van der Waals surface area (Å²) in [4.78, 5) is 11.9. The van der Waals surface area contributed by atoms with Crippen molar-refractivity contribution in [2.75, 3.05) is 32.6 Å². The van der Waals surface area contributed by atoms with Gasteiger partial charge in [-0.3, -0.25) is 4.90 Å². The van der Waals surface area contributed by atoms with Crippen molar-refractivity contribution in [3.05, 3.63) is 71.4 Å². The number of aromatic nitrogens is 2. The van der Waals surface area contributed by atoms with Crippen LogP contribution in [0.1, 0.15) is 29.5 Å². The van der Waals surface area contributed by atoms with Gasteiger partial charge in [0, 0.05) is 30.8 Å². The number of methoxy groups -OCH3 is 1. The Balaban J connectivity index is 1.39. The molecule has 2 heterocycles. The minimum Gasteiger partial charge on any atom is -0.497 e. The van der Waals surface area contributed by atoms with Crippen LogP contribution in [0.3, 0.4) is 0 Å². The number of nitrogens with one attached hydrogen (secondary N) is 1. The number of piperidine rings is 1. The van der Waals surface area contributed by atoms with Crippen molar-refractivity contribution < 1.29 is 4.74 Å². The Labute approximate surface area is 178 Å². The molecule has 154 valence electrons. The third-order valence-electron chi connectivity index (χ3n) is 6.72. The third kappa shape index (κ3) is 3.33. The summed E-state index contributed by atoms with van der Waals surface area (Å²) in [6.45, 7) is 3.16. The zero-order chi connectivity index (χ0) is 20.6. The fraction of sp³-hybridized carbons (Fsp3) is 0.360. The number of hydrogen-bond acceptors (Lipinski definition) is 5. The lowest BCUT2D eigenvalue weighted by Crippen LogP contribution is -2.45. The zero-order valence-electron chi connectivity index (χ0n) is 17.7. The van der Waals surface area contributed by atoms with Gasteiger partial charge in [0.05, 0.1) is 12.8 Å². The first-order valence-corrected chi connectivity index (χ1v) is 10.7. The van der Waals surface area contributed by atoms with Crippen molar-refractivity contribution in [3.63, 3.8) is 0 Å². The predicted octanol–water partition coefficient (Wildman–Crippen LogP) is 4.28. The second-order valence-electron chi connectivity index (χ2n) is 8.45. The summed E-state index contributed by atoms with van der Waals surface area (Å²) in [5.74, 6) is 1.62. The molecule has 0 saturated carbocycles. The molecular weight excluding hydrogens is 372 g/mol. The van der Waals surface area contributed by atoms with Crippen LogP contribution in [-0.4, -0.2) is 42.1 Å². The molecule has 1 N–H and O–H groups in total. The van der Waals surface area contributed by atoms with Gasteiger partial charge in [0.15, 0.2) is 0 Å². The van der Waals surface area contributed by atoms with Crippen molar-refractivity contribution in [1.29, 1.82) is 0 Å². The molecule has 2 aromatic carbocycles. The maximum atomic E-state index is 5.39. The van der Waals surface area contributed by atoms with Crippen LogP contribution < -0.4 is 10.1 Å². The van der Waals surface area contributed by atoms with Crippen LogP contribution in [0.4, 0.5) is 5.95 Å². The molecule has 1 aliphatic heterocycles. The summed E-state index contributed by atoms with van der Waals surface area (Å²) in [6, 6.07) is 17.3. The topological polar surface area (TPSA) is 50.3 Å². The van der Waals surface area contributed by atoms with Gasteiger partial charge in [-0.1, -0.05) is 36.4 Å². The second-order valence-corrected chi connectivity index (χ2v) is 8.45. The van der Waals surface area contributed by atoms with E-state index in [1.165, 1.54) is 22.3 Å². The number of benzene rings is 2. The Bertz CT molecular complexity index is 1060. The number of rotatable bonds is 4. The van der Waals surface area contributed by atoms with E-state index in [0.717, 1.165) is 50.3 Å². The van der Waals surface area contributed by atoms with Crippen LogP contribution in [0, 0.1) is 0 Å². The largest absolute Gasteiger partial charge is 0.497 e. The van der Waals surface area contributed by atoms with E-state index in [9.17, 15) is 0 Å². The quantitative estimate of drug-likeness (QED) is 0.708. The molecule has 1 aromatic heterocycles.